The maximum atomic E-state index is 11.1. The molecule has 1 rings (SSSR count). The first-order valence-electron chi connectivity index (χ1n) is 5.85. The van der Waals surface area contributed by atoms with Gasteiger partial charge in [-0.3, -0.25) is 4.90 Å². The molecule has 0 aromatic carbocycles. The summed E-state index contributed by atoms with van der Waals surface area (Å²) in [5, 5.41) is 0. The van der Waals surface area contributed by atoms with Crippen LogP contribution in [0.2, 0.25) is 0 Å². The van der Waals surface area contributed by atoms with Crippen LogP contribution in [-0.2, 0) is 9.53 Å². The fourth-order valence-electron chi connectivity index (χ4n) is 1.89. The molecule has 16 heavy (non-hydrogen) atoms. The second-order valence-corrected chi connectivity index (χ2v) is 4.32. The Morgan fingerprint density at radius 2 is 2.31 bits per heavy atom. The number of likely N-dealkylation sites (N-methyl/N-ethyl adjacent to an activating group) is 1. The number of ether oxygens (including phenoxy) is 1. The molecule has 0 spiro atoms. The van der Waals surface area contributed by atoms with Crippen LogP contribution in [0.5, 0.6) is 0 Å². The highest BCUT2D eigenvalue weighted by Crippen LogP contribution is 2.12. The van der Waals surface area contributed by atoms with Crippen molar-refractivity contribution in [3.05, 3.63) is 12.2 Å². The molecule has 4 nitrogen and oxygen atoms in total. The molecule has 1 heterocycles. The van der Waals surface area contributed by atoms with Crippen molar-refractivity contribution in [3.63, 3.8) is 0 Å². The minimum atomic E-state index is -0.245. The van der Waals surface area contributed by atoms with Crippen LogP contribution in [0.3, 0.4) is 0 Å². The molecule has 1 aliphatic heterocycles. The van der Waals surface area contributed by atoms with Gasteiger partial charge < -0.3 is 9.64 Å². The van der Waals surface area contributed by atoms with Gasteiger partial charge >= 0.3 is 5.97 Å². The van der Waals surface area contributed by atoms with Gasteiger partial charge in [0.05, 0.1) is 6.61 Å². The van der Waals surface area contributed by atoms with Gasteiger partial charge in [0, 0.05) is 31.8 Å². The number of carbonyl (C=O) groups excluding carboxylic acids is 1. The summed E-state index contributed by atoms with van der Waals surface area (Å²) in [6, 6.07) is 0.649. The number of nitrogens with zero attached hydrogens (tertiary/aromatic N) is 2. The summed E-state index contributed by atoms with van der Waals surface area (Å²) in [5.41, 5.74) is 0. The van der Waals surface area contributed by atoms with Gasteiger partial charge in [-0.25, -0.2) is 4.79 Å². The number of esters is 1. The van der Waals surface area contributed by atoms with Gasteiger partial charge in [0.2, 0.25) is 0 Å². The Morgan fingerprint density at radius 3 is 2.88 bits per heavy atom. The van der Waals surface area contributed by atoms with Gasteiger partial charge in [-0.05, 0) is 27.4 Å². The van der Waals surface area contributed by atoms with Crippen LogP contribution in [0.4, 0.5) is 0 Å². The van der Waals surface area contributed by atoms with E-state index in [4.69, 9.17) is 4.74 Å². The topological polar surface area (TPSA) is 32.8 Å². The lowest BCUT2D eigenvalue weighted by atomic mass is 10.2. The van der Waals surface area contributed by atoms with Crippen molar-refractivity contribution in [2.75, 3.05) is 40.3 Å². The number of hydrogen-bond acceptors (Lipinski definition) is 4. The lowest BCUT2D eigenvalue weighted by molar-refractivity contribution is -0.137. The molecule has 1 aliphatic rings. The van der Waals surface area contributed by atoms with Gasteiger partial charge in [-0.15, -0.1) is 0 Å². The van der Waals surface area contributed by atoms with Crippen LogP contribution < -0.4 is 0 Å². The Morgan fingerprint density at radius 1 is 1.56 bits per heavy atom. The molecule has 1 atom stereocenters. The van der Waals surface area contributed by atoms with Gasteiger partial charge in [0.1, 0.15) is 0 Å². The molecule has 0 bridgehead atoms. The van der Waals surface area contributed by atoms with E-state index >= 15 is 0 Å². The van der Waals surface area contributed by atoms with Crippen molar-refractivity contribution in [1.82, 2.24) is 9.80 Å². The molecule has 0 saturated carbocycles. The zero-order chi connectivity index (χ0) is 12.0. The highest BCUT2D eigenvalue weighted by Gasteiger charge is 2.22. The zero-order valence-electron chi connectivity index (χ0n) is 10.5. The van der Waals surface area contributed by atoms with E-state index in [-0.39, 0.29) is 5.97 Å². The van der Waals surface area contributed by atoms with E-state index in [1.807, 2.05) is 13.0 Å². The predicted molar refractivity (Wildman–Crippen MR) is 64.3 cm³/mol. The number of rotatable bonds is 5. The highest BCUT2D eigenvalue weighted by atomic mass is 16.5. The van der Waals surface area contributed by atoms with Gasteiger partial charge in [-0.1, -0.05) is 6.08 Å². The Hall–Kier alpha value is -0.870. The van der Waals surface area contributed by atoms with Crippen molar-refractivity contribution in [3.8, 4) is 0 Å². The molecule has 0 N–H and O–H groups in total. The van der Waals surface area contributed by atoms with Crippen molar-refractivity contribution < 1.29 is 9.53 Å². The molecule has 0 aliphatic carbocycles. The summed E-state index contributed by atoms with van der Waals surface area (Å²) in [6.07, 6.45) is 4.61. The van der Waals surface area contributed by atoms with Crippen molar-refractivity contribution in [2.24, 2.45) is 0 Å². The second kappa shape index (κ2) is 6.66. The van der Waals surface area contributed by atoms with Crippen molar-refractivity contribution >= 4 is 5.97 Å². The minimum Gasteiger partial charge on any atom is -0.463 e. The second-order valence-electron chi connectivity index (χ2n) is 4.32. The lowest BCUT2D eigenvalue weighted by Crippen LogP contribution is -2.31. The summed E-state index contributed by atoms with van der Waals surface area (Å²) in [5.74, 6) is -0.245. The van der Waals surface area contributed by atoms with E-state index in [0.29, 0.717) is 12.6 Å². The minimum absolute atomic E-state index is 0.245. The van der Waals surface area contributed by atoms with Crippen LogP contribution in [-0.4, -0.2) is 62.1 Å². The number of carbonyl (C=O) groups is 1. The van der Waals surface area contributed by atoms with E-state index in [9.17, 15) is 4.79 Å². The van der Waals surface area contributed by atoms with Gasteiger partial charge in [0.15, 0.2) is 0 Å². The van der Waals surface area contributed by atoms with Crippen LogP contribution >= 0.6 is 0 Å². The molecule has 0 amide bonds. The molecule has 1 unspecified atom stereocenters. The third-order valence-corrected chi connectivity index (χ3v) is 2.88. The summed E-state index contributed by atoms with van der Waals surface area (Å²) in [7, 11) is 4.23. The van der Waals surface area contributed by atoms with Crippen molar-refractivity contribution in [1.29, 1.82) is 0 Å². The molecule has 1 saturated heterocycles. The van der Waals surface area contributed by atoms with E-state index in [0.717, 1.165) is 19.6 Å². The van der Waals surface area contributed by atoms with E-state index in [2.05, 4.69) is 23.9 Å². The summed E-state index contributed by atoms with van der Waals surface area (Å²) >= 11 is 0. The van der Waals surface area contributed by atoms with E-state index in [1.165, 1.54) is 12.5 Å². The third-order valence-electron chi connectivity index (χ3n) is 2.88. The average Bonchev–Trinajstić information content (AvgIpc) is 2.67. The molecule has 0 radical (unpaired) electrons. The standard InChI is InChI=1S/C12H22N2O2/c1-4-16-12(15)6-5-8-14-9-7-11(10-14)13(2)3/h5-6,11H,4,7-10H2,1-3H3/b6-5+. The first-order valence-corrected chi connectivity index (χ1v) is 5.85. The first-order chi connectivity index (χ1) is 7.63. The Kier molecular flexibility index (Phi) is 5.49. The highest BCUT2D eigenvalue weighted by molar-refractivity contribution is 5.81. The largest absolute Gasteiger partial charge is 0.463 e. The van der Waals surface area contributed by atoms with Crippen molar-refractivity contribution in [2.45, 2.75) is 19.4 Å². The smallest absolute Gasteiger partial charge is 0.330 e. The summed E-state index contributed by atoms with van der Waals surface area (Å²) < 4.78 is 4.81. The average molecular weight is 226 g/mol. The van der Waals surface area contributed by atoms with Gasteiger partial charge in [0.25, 0.3) is 0 Å². The summed E-state index contributed by atoms with van der Waals surface area (Å²) in [4.78, 5) is 15.7. The van der Waals surface area contributed by atoms with Gasteiger partial charge in [-0.2, -0.15) is 0 Å². The van der Waals surface area contributed by atoms with Crippen LogP contribution in [0.1, 0.15) is 13.3 Å². The monoisotopic (exact) mass is 226 g/mol. The van der Waals surface area contributed by atoms with Crippen LogP contribution in [0, 0.1) is 0 Å². The summed E-state index contributed by atoms with van der Waals surface area (Å²) in [6.45, 7) is 5.28. The quantitative estimate of drug-likeness (QED) is 0.511. The normalized spacial score (nSPS) is 22.1. The SMILES string of the molecule is CCOC(=O)/C=C/CN1CCC(N(C)C)C1. The maximum Gasteiger partial charge on any atom is 0.330 e. The van der Waals surface area contributed by atoms with Crippen LogP contribution in [0.15, 0.2) is 12.2 Å². The molecule has 92 valence electrons. The third kappa shape index (κ3) is 4.33. The maximum absolute atomic E-state index is 11.1. The molecule has 0 aromatic rings. The first kappa shape index (κ1) is 13.2. The predicted octanol–water partition coefficient (Wildman–Crippen LogP) is 0.742. The number of likely N-dealkylation sites (tertiary alicyclic amines) is 1. The Bertz CT molecular complexity index is 251. The number of hydrogen-bond donors (Lipinski definition) is 0. The molecular formula is C12H22N2O2. The zero-order valence-corrected chi connectivity index (χ0v) is 10.5. The lowest BCUT2D eigenvalue weighted by Gasteiger charge is -2.19. The fourth-order valence-corrected chi connectivity index (χ4v) is 1.89. The van der Waals surface area contributed by atoms with E-state index < -0.39 is 0 Å². The fraction of sp³-hybridized carbons (Fsp3) is 0.750. The Balaban J connectivity index is 2.22. The molecular weight excluding hydrogens is 204 g/mol. The molecule has 0 aromatic heterocycles. The Labute approximate surface area is 97.9 Å². The molecule has 1 fully saturated rings. The molecule has 4 heteroatoms. The van der Waals surface area contributed by atoms with Crippen LogP contribution in [0.25, 0.3) is 0 Å². The van der Waals surface area contributed by atoms with E-state index in [1.54, 1.807) is 0 Å².